The van der Waals surface area contributed by atoms with E-state index in [9.17, 15) is 14.4 Å². The highest BCUT2D eigenvalue weighted by Crippen LogP contribution is 2.24. The summed E-state index contributed by atoms with van der Waals surface area (Å²) in [6, 6.07) is 10.2. The van der Waals surface area contributed by atoms with Crippen LogP contribution in [0.3, 0.4) is 0 Å². The predicted molar refractivity (Wildman–Crippen MR) is 124 cm³/mol. The molecule has 166 valence electrons. The lowest BCUT2D eigenvalue weighted by Gasteiger charge is -2.12. The highest BCUT2D eigenvalue weighted by molar-refractivity contribution is 5.98. The maximum atomic E-state index is 13.2. The molecule has 1 aromatic carbocycles. The van der Waals surface area contributed by atoms with Crippen LogP contribution in [0, 0.1) is 13.8 Å². The largest absolute Gasteiger partial charge is 0.332 e. The molecule has 32 heavy (non-hydrogen) atoms. The molecule has 0 radical (unpaired) electrons. The number of Topliss-reactive ketones (excluding diaryl/α,β-unsaturated/α-hetero) is 1. The van der Waals surface area contributed by atoms with Gasteiger partial charge in [0.05, 0.1) is 12.9 Å². The summed E-state index contributed by atoms with van der Waals surface area (Å²) in [5.41, 5.74) is 4.24. The van der Waals surface area contributed by atoms with Crippen molar-refractivity contribution in [2.75, 3.05) is 0 Å². The first kappa shape index (κ1) is 21.5. The second-order valence-electron chi connectivity index (χ2n) is 8.54. The molecule has 0 amide bonds. The van der Waals surface area contributed by atoms with E-state index in [2.05, 4.69) is 47.7 Å². The van der Waals surface area contributed by atoms with Crippen molar-refractivity contribution in [3.8, 4) is 5.69 Å². The van der Waals surface area contributed by atoms with Gasteiger partial charge in [0.15, 0.2) is 16.9 Å². The molecule has 0 fully saturated rings. The van der Waals surface area contributed by atoms with Gasteiger partial charge in [-0.2, -0.15) is 0 Å². The number of imidazole rings is 1. The third kappa shape index (κ3) is 3.32. The van der Waals surface area contributed by atoms with E-state index in [4.69, 9.17) is 0 Å². The van der Waals surface area contributed by atoms with Crippen molar-refractivity contribution in [1.82, 2.24) is 23.3 Å². The van der Waals surface area contributed by atoms with Crippen molar-refractivity contribution in [2.24, 2.45) is 14.1 Å². The highest BCUT2D eigenvalue weighted by Gasteiger charge is 2.20. The van der Waals surface area contributed by atoms with Gasteiger partial charge in [-0.1, -0.05) is 26.0 Å². The first-order chi connectivity index (χ1) is 15.1. The van der Waals surface area contributed by atoms with Crippen LogP contribution in [-0.2, 0) is 20.6 Å². The van der Waals surface area contributed by atoms with Crippen molar-refractivity contribution in [3.63, 3.8) is 0 Å². The predicted octanol–water partition coefficient (Wildman–Crippen LogP) is 2.85. The number of aryl methyl sites for hydroxylation is 2. The van der Waals surface area contributed by atoms with Crippen molar-refractivity contribution in [3.05, 3.63) is 80.0 Å². The second kappa shape index (κ2) is 7.78. The standard InChI is InChI=1S/C24H27N5O3/c1-14(2)17-7-9-18(10-8-17)29-15(3)11-19(16(29)4)20(30)12-28-13-25-22-21(28)23(31)27(6)24(32)26(22)5/h7-11,13-14H,12H2,1-6H3. The van der Waals surface area contributed by atoms with E-state index in [1.165, 1.54) is 28.1 Å². The summed E-state index contributed by atoms with van der Waals surface area (Å²) < 4.78 is 5.91. The van der Waals surface area contributed by atoms with Gasteiger partial charge in [0.1, 0.15) is 0 Å². The van der Waals surface area contributed by atoms with Crippen LogP contribution >= 0.6 is 0 Å². The smallest absolute Gasteiger partial charge is 0.318 e. The van der Waals surface area contributed by atoms with E-state index < -0.39 is 11.2 Å². The van der Waals surface area contributed by atoms with Crippen LogP contribution in [0.15, 0.2) is 46.2 Å². The molecule has 4 aromatic rings. The third-order valence-electron chi connectivity index (χ3n) is 6.08. The van der Waals surface area contributed by atoms with Crippen LogP contribution in [0.4, 0.5) is 0 Å². The summed E-state index contributed by atoms with van der Waals surface area (Å²) in [6.45, 7) is 8.16. The molecule has 0 aliphatic carbocycles. The van der Waals surface area contributed by atoms with Gasteiger partial charge in [0, 0.05) is 36.7 Å². The number of ketones is 1. The van der Waals surface area contributed by atoms with Crippen LogP contribution in [0.5, 0.6) is 0 Å². The molecule has 0 aliphatic heterocycles. The van der Waals surface area contributed by atoms with Crippen molar-refractivity contribution in [2.45, 2.75) is 40.2 Å². The van der Waals surface area contributed by atoms with Gasteiger partial charge in [-0.25, -0.2) is 9.78 Å². The molecule has 0 bridgehead atoms. The molecular formula is C24H27N5O3. The Morgan fingerprint density at radius 3 is 2.31 bits per heavy atom. The Morgan fingerprint density at radius 2 is 1.69 bits per heavy atom. The molecule has 8 nitrogen and oxygen atoms in total. The van der Waals surface area contributed by atoms with Gasteiger partial charge in [0.25, 0.3) is 5.56 Å². The highest BCUT2D eigenvalue weighted by atomic mass is 16.2. The lowest BCUT2D eigenvalue weighted by molar-refractivity contribution is 0.0972. The molecule has 0 aliphatic rings. The van der Waals surface area contributed by atoms with E-state index in [1.54, 1.807) is 7.05 Å². The number of rotatable bonds is 5. The zero-order valence-corrected chi connectivity index (χ0v) is 19.2. The molecule has 0 N–H and O–H groups in total. The Kier molecular flexibility index (Phi) is 5.24. The third-order valence-corrected chi connectivity index (χ3v) is 6.08. The van der Waals surface area contributed by atoms with Crippen LogP contribution < -0.4 is 11.2 Å². The van der Waals surface area contributed by atoms with Gasteiger partial charge in [-0.05, 0) is 43.5 Å². The number of benzene rings is 1. The summed E-state index contributed by atoms with van der Waals surface area (Å²) in [6.07, 6.45) is 1.44. The van der Waals surface area contributed by atoms with E-state index in [1.807, 2.05) is 19.9 Å². The molecule has 3 heterocycles. The number of hydrogen-bond acceptors (Lipinski definition) is 4. The molecule has 0 spiro atoms. The Hall–Kier alpha value is -3.68. The topological polar surface area (TPSA) is 83.8 Å². The number of carbonyl (C=O) groups excluding carboxylic acids is 1. The first-order valence-corrected chi connectivity index (χ1v) is 10.5. The summed E-state index contributed by atoms with van der Waals surface area (Å²) >= 11 is 0. The first-order valence-electron chi connectivity index (χ1n) is 10.5. The Balaban J connectivity index is 1.72. The fourth-order valence-corrected chi connectivity index (χ4v) is 4.21. The average molecular weight is 434 g/mol. The van der Waals surface area contributed by atoms with E-state index >= 15 is 0 Å². The van der Waals surface area contributed by atoms with Gasteiger partial charge >= 0.3 is 5.69 Å². The van der Waals surface area contributed by atoms with Gasteiger partial charge in [0.2, 0.25) is 0 Å². The SMILES string of the molecule is Cc1cc(C(=O)Cn2cnc3c2c(=O)n(C)c(=O)n3C)c(C)n1-c1ccc(C(C)C)cc1. The van der Waals surface area contributed by atoms with Crippen molar-refractivity contribution < 1.29 is 4.79 Å². The Morgan fingerprint density at radius 1 is 1.03 bits per heavy atom. The molecule has 0 saturated heterocycles. The molecule has 8 heteroatoms. The second-order valence-corrected chi connectivity index (χ2v) is 8.54. The average Bonchev–Trinajstić information content (AvgIpc) is 3.31. The molecule has 0 atom stereocenters. The van der Waals surface area contributed by atoms with Crippen molar-refractivity contribution >= 4 is 16.9 Å². The Labute approximate surface area is 185 Å². The number of nitrogens with zero attached hydrogens (tertiary/aromatic N) is 5. The lowest BCUT2D eigenvalue weighted by atomic mass is 10.0. The summed E-state index contributed by atoms with van der Waals surface area (Å²) in [5.74, 6) is 0.323. The zero-order valence-electron chi connectivity index (χ0n) is 19.2. The fourth-order valence-electron chi connectivity index (χ4n) is 4.21. The van der Waals surface area contributed by atoms with E-state index in [0.717, 1.165) is 21.6 Å². The summed E-state index contributed by atoms with van der Waals surface area (Å²) in [4.78, 5) is 42.2. The normalized spacial score (nSPS) is 11.6. The zero-order chi connectivity index (χ0) is 23.3. The molecule has 3 aromatic heterocycles. The Bertz CT molecular complexity index is 1460. The van der Waals surface area contributed by atoms with Gasteiger partial charge < -0.3 is 9.13 Å². The minimum absolute atomic E-state index is 0.0411. The number of aromatic nitrogens is 5. The fraction of sp³-hybridized carbons (Fsp3) is 0.333. The number of fused-ring (bicyclic) bond motifs is 1. The van der Waals surface area contributed by atoms with Gasteiger partial charge in [-0.15, -0.1) is 0 Å². The van der Waals surface area contributed by atoms with Crippen LogP contribution in [0.2, 0.25) is 0 Å². The summed E-state index contributed by atoms with van der Waals surface area (Å²) in [7, 11) is 2.98. The lowest BCUT2D eigenvalue weighted by Crippen LogP contribution is -2.37. The van der Waals surface area contributed by atoms with Crippen LogP contribution in [-0.4, -0.2) is 29.0 Å². The van der Waals surface area contributed by atoms with Crippen molar-refractivity contribution in [1.29, 1.82) is 0 Å². The number of hydrogen-bond donors (Lipinski definition) is 0. The number of carbonyl (C=O) groups is 1. The molecular weight excluding hydrogens is 406 g/mol. The van der Waals surface area contributed by atoms with Crippen LogP contribution in [0.1, 0.15) is 47.1 Å². The van der Waals surface area contributed by atoms with Gasteiger partial charge in [-0.3, -0.25) is 18.7 Å². The molecule has 0 saturated carbocycles. The quantitative estimate of drug-likeness (QED) is 0.453. The minimum Gasteiger partial charge on any atom is -0.318 e. The van der Waals surface area contributed by atoms with E-state index in [-0.39, 0.29) is 23.5 Å². The maximum Gasteiger partial charge on any atom is 0.332 e. The maximum absolute atomic E-state index is 13.2. The van der Waals surface area contributed by atoms with Crippen LogP contribution in [0.25, 0.3) is 16.9 Å². The molecule has 4 rings (SSSR count). The monoisotopic (exact) mass is 433 g/mol. The summed E-state index contributed by atoms with van der Waals surface area (Å²) in [5, 5.41) is 0. The molecule has 0 unspecified atom stereocenters. The van der Waals surface area contributed by atoms with E-state index in [0.29, 0.717) is 11.5 Å². The minimum atomic E-state index is -0.468.